The zero-order valence-corrected chi connectivity index (χ0v) is 14.8. The number of hydrogen-bond acceptors (Lipinski definition) is 4. The largest absolute Gasteiger partial charge is 0.348 e. The number of aromatic nitrogens is 1. The van der Waals surface area contributed by atoms with E-state index in [2.05, 4.69) is 51.8 Å². The van der Waals surface area contributed by atoms with Crippen molar-refractivity contribution >= 4 is 16.5 Å². The average molecular weight is 298 g/mol. The zero-order chi connectivity index (χ0) is 15.1. The van der Waals surface area contributed by atoms with E-state index >= 15 is 0 Å². The second-order valence-electron chi connectivity index (χ2n) is 5.79. The third-order valence-electron chi connectivity index (χ3n) is 3.68. The van der Waals surface area contributed by atoms with Gasteiger partial charge in [0.2, 0.25) is 0 Å². The summed E-state index contributed by atoms with van der Waals surface area (Å²) >= 11 is 1.87. The number of rotatable bonds is 9. The lowest BCUT2D eigenvalue weighted by molar-refractivity contribution is 0.547. The first-order chi connectivity index (χ1) is 9.53. The van der Waals surface area contributed by atoms with Gasteiger partial charge in [0.05, 0.1) is 5.69 Å². The van der Waals surface area contributed by atoms with E-state index in [9.17, 15) is 0 Å². The Balaban J connectivity index is 2.92. The third-order valence-corrected chi connectivity index (χ3v) is 4.81. The maximum atomic E-state index is 4.93. The molecule has 116 valence electrons. The van der Waals surface area contributed by atoms with Crippen molar-refractivity contribution in [3.05, 3.63) is 10.6 Å². The van der Waals surface area contributed by atoms with E-state index < -0.39 is 0 Å². The van der Waals surface area contributed by atoms with Crippen molar-refractivity contribution in [2.24, 2.45) is 5.92 Å². The number of anilines is 1. The molecule has 0 radical (unpaired) electrons. The van der Waals surface area contributed by atoms with E-state index in [-0.39, 0.29) is 0 Å². The first kappa shape index (κ1) is 17.4. The summed E-state index contributed by atoms with van der Waals surface area (Å²) in [6.45, 7) is 17.5. The van der Waals surface area contributed by atoms with Crippen LogP contribution in [0.2, 0.25) is 0 Å². The van der Waals surface area contributed by atoms with Crippen LogP contribution in [0.4, 0.5) is 5.13 Å². The summed E-state index contributed by atoms with van der Waals surface area (Å²) in [5.41, 5.74) is 1.27. The lowest BCUT2D eigenvalue weighted by Gasteiger charge is -2.23. The molecular weight excluding hydrogens is 266 g/mol. The maximum Gasteiger partial charge on any atom is 0.185 e. The van der Waals surface area contributed by atoms with Gasteiger partial charge in [0.1, 0.15) is 0 Å². The van der Waals surface area contributed by atoms with E-state index in [0.29, 0.717) is 5.92 Å². The second kappa shape index (κ2) is 8.63. The predicted molar refractivity (Wildman–Crippen MR) is 90.9 cm³/mol. The molecule has 0 fully saturated rings. The molecule has 0 aromatic carbocycles. The van der Waals surface area contributed by atoms with Crippen molar-refractivity contribution in [3.63, 3.8) is 0 Å². The second-order valence-corrected chi connectivity index (χ2v) is 6.85. The summed E-state index contributed by atoms with van der Waals surface area (Å²) in [6.07, 6.45) is 1.23. The molecule has 1 unspecified atom stereocenters. The first-order valence-corrected chi connectivity index (χ1v) is 8.80. The maximum absolute atomic E-state index is 4.93. The Labute approximate surface area is 128 Å². The van der Waals surface area contributed by atoms with Gasteiger partial charge >= 0.3 is 0 Å². The molecule has 0 aliphatic carbocycles. The Hall–Kier alpha value is -0.610. The molecule has 1 aromatic rings. The Morgan fingerprint density at radius 3 is 2.40 bits per heavy atom. The molecule has 0 spiro atoms. The minimum Gasteiger partial charge on any atom is -0.348 e. The van der Waals surface area contributed by atoms with Crippen LogP contribution in [0.25, 0.3) is 0 Å². The normalized spacial score (nSPS) is 12.9. The van der Waals surface area contributed by atoms with Gasteiger partial charge in [0, 0.05) is 24.5 Å². The number of nitrogens with one attached hydrogen (secondary N) is 1. The SMILES string of the molecule is CCNCc1sc(N(CC)CC(C)CC)nc1C(C)C. The molecule has 1 N–H and O–H groups in total. The molecule has 0 saturated heterocycles. The molecule has 1 rings (SSSR count). The highest BCUT2D eigenvalue weighted by molar-refractivity contribution is 7.15. The molecule has 0 aliphatic rings. The molecule has 0 saturated carbocycles. The fourth-order valence-electron chi connectivity index (χ4n) is 2.15. The van der Waals surface area contributed by atoms with Crippen molar-refractivity contribution in [3.8, 4) is 0 Å². The number of thiazole rings is 1. The van der Waals surface area contributed by atoms with Gasteiger partial charge in [-0.2, -0.15) is 0 Å². The van der Waals surface area contributed by atoms with Crippen molar-refractivity contribution < 1.29 is 0 Å². The topological polar surface area (TPSA) is 28.2 Å². The van der Waals surface area contributed by atoms with Gasteiger partial charge in [-0.05, 0) is 25.3 Å². The van der Waals surface area contributed by atoms with Crippen molar-refractivity contribution in [1.29, 1.82) is 0 Å². The standard InChI is InChI=1S/C16H31N3S/c1-7-13(6)11-19(9-3)16-18-15(12(4)5)14(20-16)10-17-8-2/h12-13,17H,7-11H2,1-6H3. The summed E-state index contributed by atoms with van der Waals surface area (Å²) in [7, 11) is 0. The van der Waals surface area contributed by atoms with Gasteiger partial charge in [-0.1, -0.05) is 41.0 Å². The molecule has 0 amide bonds. The van der Waals surface area contributed by atoms with Crippen LogP contribution in [0.3, 0.4) is 0 Å². The van der Waals surface area contributed by atoms with Gasteiger partial charge in [-0.25, -0.2) is 4.98 Å². The van der Waals surface area contributed by atoms with E-state index in [1.807, 2.05) is 11.3 Å². The Kier molecular flexibility index (Phi) is 7.52. The van der Waals surface area contributed by atoms with Crippen LogP contribution in [-0.2, 0) is 6.54 Å². The third kappa shape index (κ3) is 4.74. The van der Waals surface area contributed by atoms with Gasteiger partial charge in [-0.15, -0.1) is 11.3 Å². The lowest BCUT2D eigenvalue weighted by atomic mass is 10.1. The van der Waals surface area contributed by atoms with Crippen molar-refractivity contribution in [1.82, 2.24) is 10.3 Å². The fraction of sp³-hybridized carbons (Fsp3) is 0.812. The molecule has 1 heterocycles. The highest BCUT2D eigenvalue weighted by Crippen LogP contribution is 2.31. The van der Waals surface area contributed by atoms with Gasteiger partial charge < -0.3 is 10.2 Å². The summed E-state index contributed by atoms with van der Waals surface area (Å²) in [5.74, 6) is 1.22. The molecule has 4 heteroatoms. The van der Waals surface area contributed by atoms with Crippen LogP contribution in [-0.4, -0.2) is 24.6 Å². The Bertz CT molecular complexity index is 387. The zero-order valence-electron chi connectivity index (χ0n) is 14.0. The van der Waals surface area contributed by atoms with E-state index in [0.717, 1.165) is 32.1 Å². The van der Waals surface area contributed by atoms with Crippen LogP contribution in [0.1, 0.15) is 64.5 Å². The van der Waals surface area contributed by atoms with Crippen molar-refractivity contribution in [2.75, 3.05) is 24.5 Å². The Morgan fingerprint density at radius 1 is 1.20 bits per heavy atom. The fourth-order valence-corrected chi connectivity index (χ4v) is 3.41. The van der Waals surface area contributed by atoms with Crippen LogP contribution in [0.5, 0.6) is 0 Å². The molecule has 20 heavy (non-hydrogen) atoms. The molecular formula is C16H31N3S. The minimum atomic E-state index is 0.496. The van der Waals surface area contributed by atoms with E-state index in [4.69, 9.17) is 4.98 Å². The van der Waals surface area contributed by atoms with E-state index in [1.165, 1.54) is 22.1 Å². The van der Waals surface area contributed by atoms with Gasteiger partial charge in [0.25, 0.3) is 0 Å². The predicted octanol–water partition coefficient (Wildman–Crippen LogP) is 4.25. The van der Waals surface area contributed by atoms with Crippen LogP contribution < -0.4 is 10.2 Å². The average Bonchev–Trinajstić information content (AvgIpc) is 2.86. The molecule has 3 nitrogen and oxygen atoms in total. The van der Waals surface area contributed by atoms with Crippen LogP contribution >= 0.6 is 11.3 Å². The van der Waals surface area contributed by atoms with E-state index in [1.54, 1.807) is 0 Å². The quantitative estimate of drug-likeness (QED) is 0.738. The summed E-state index contributed by atoms with van der Waals surface area (Å²) < 4.78 is 0. The van der Waals surface area contributed by atoms with Crippen LogP contribution in [0.15, 0.2) is 0 Å². The molecule has 0 aliphatic heterocycles. The minimum absolute atomic E-state index is 0.496. The summed E-state index contributed by atoms with van der Waals surface area (Å²) in [5, 5.41) is 4.63. The van der Waals surface area contributed by atoms with Gasteiger partial charge in [-0.3, -0.25) is 0 Å². The van der Waals surface area contributed by atoms with Crippen LogP contribution in [0, 0.1) is 5.92 Å². The number of hydrogen-bond donors (Lipinski definition) is 1. The molecule has 1 atom stereocenters. The monoisotopic (exact) mass is 297 g/mol. The Morgan fingerprint density at radius 2 is 1.90 bits per heavy atom. The highest BCUT2D eigenvalue weighted by Gasteiger charge is 2.18. The number of nitrogens with zero attached hydrogens (tertiary/aromatic N) is 2. The first-order valence-electron chi connectivity index (χ1n) is 7.98. The van der Waals surface area contributed by atoms with Crippen molar-refractivity contribution in [2.45, 2.75) is 60.4 Å². The lowest BCUT2D eigenvalue weighted by Crippen LogP contribution is -2.27. The summed E-state index contributed by atoms with van der Waals surface area (Å²) in [6, 6.07) is 0. The van der Waals surface area contributed by atoms with Gasteiger partial charge in [0.15, 0.2) is 5.13 Å². The highest BCUT2D eigenvalue weighted by atomic mass is 32.1. The molecule has 0 bridgehead atoms. The molecule has 1 aromatic heterocycles. The smallest absolute Gasteiger partial charge is 0.185 e. The summed E-state index contributed by atoms with van der Waals surface area (Å²) in [4.78, 5) is 8.76.